The van der Waals surface area contributed by atoms with Crippen LogP contribution in [0, 0.1) is 23.2 Å². The van der Waals surface area contributed by atoms with Gasteiger partial charge in [0.2, 0.25) is 0 Å². The summed E-state index contributed by atoms with van der Waals surface area (Å²) in [6, 6.07) is 8.66. The highest BCUT2D eigenvalue weighted by atomic mass is 14.3. The van der Waals surface area contributed by atoms with E-state index < -0.39 is 0 Å². The molecule has 0 aliphatic heterocycles. The Kier molecular flexibility index (Phi) is 7.55. The SMILES string of the molecule is CCCC=Cc1ccc(C#CC2(C3=CCC(CCC)CC3)C=CC=CC2)cc1. The first-order chi connectivity index (χ1) is 13.8. The average Bonchev–Trinajstić information content (AvgIpc) is 2.75. The molecule has 0 nitrogen and oxygen atoms in total. The standard InChI is InChI=1S/C28H34/c1-3-5-7-11-25-12-14-26(15-13-25)20-23-28(21-8-6-9-22-28)27-18-16-24(10-4-2)17-19-27/h6-9,11-15,18,21,24H,3-5,10,16-17,19,22H2,1-2H3. The Hall–Kier alpha value is -2.26. The summed E-state index contributed by atoms with van der Waals surface area (Å²) in [4.78, 5) is 0. The molecule has 1 aromatic rings. The van der Waals surface area contributed by atoms with E-state index in [9.17, 15) is 0 Å². The molecule has 1 aromatic carbocycles. The van der Waals surface area contributed by atoms with Gasteiger partial charge in [-0.05, 0) is 55.7 Å². The molecular formula is C28H34. The molecule has 3 rings (SSSR count). The maximum Gasteiger partial charge on any atom is 0.0744 e. The lowest BCUT2D eigenvalue weighted by Gasteiger charge is -2.33. The molecule has 0 saturated heterocycles. The Morgan fingerprint density at radius 1 is 1.11 bits per heavy atom. The minimum absolute atomic E-state index is 0.106. The van der Waals surface area contributed by atoms with Crippen molar-refractivity contribution in [1.82, 2.24) is 0 Å². The first-order valence-electron chi connectivity index (χ1n) is 11.1. The van der Waals surface area contributed by atoms with Gasteiger partial charge in [-0.25, -0.2) is 0 Å². The topological polar surface area (TPSA) is 0 Å². The lowest BCUT2D eigenvalue weighted by Crippen LogP contribution is -2.23. The molecular weight excluding hydrogens is 336 g/mol. The summed E-state index contributed by atoms with van der Waals surface area (Å²) >= 11 is 0. The highest BCUT2D eigenvalue weighted by molar-refractivity contribution is 5.52. The molecule has 0 radical (unpaired) electrons. The molecule has 0 heterocycles. The minimum Gasteiger partial charge on any atom is -0.0840 e. The van der Waals surface area contributed by atoms with Crippen molar-refractivity contribution in [3.63, 3.8) is 0 Å². The molecule has 0 bridgehead atoms. The van der Waals surface area contributed by atoms with Gasteiger partial charge in [-0.2, -0.15) is 0 Å². The van der Waals surface area contributed by atoms with Crippen molar-refractivity contribution in [3.8, 4) is 11.8 Å². The smallest absolute Gasteiger partial charge is 0.0744 e. The Morgan fingerprint density at radius 2 is 1.96 bits per heavy atom. The molecule has 2 atom stereocenters. The van der Waals surface area contributed by atoms with Crippen LogP contribution in [0.4, 0.5) is 0 Å². The van der Waals surface area contributed by atoms with E-state index in [1.165, 1.54) is 49.7 Å². The fourth-order valence-electron chi connectivity index (χ4n) is 4.24. The summed E-state index contributed by atoms with van der Waals surface area (Å²) in [5.74, 6) is 8.02. The van der Waals surface area contributed by atoms with Crippen molar-refractivity contribution in [2.24, 2.45) is 11.3 Å². The van der Waals surface area contributed by atoms with Crippen LogP contribution < -0.4 is 0 Å². The van der Waals surface area contributed by atoms with Crippen LogP contribution in [0.25, 0.3) is 6.08 Å². The Bertz CT molecular complexity index is 804. The fourth-order valence-corrected chi connectivity index (χ4v) is 4.24. The van der Waals surface area contributed by atoms with Crippen LogP contribution >= 0.6 is 0 Å². The first kappa shape index (κ1) is 20.5. The zero-order chi connectivity index (χ0) is 19.7. The zero-order valence-electron chi connectivity index (χ0n) is 17.6. The van der Waals surface area contributed by atoms with Crippen molar-refractivity contribution in [1.29, 1.82) is 0 Å². The van der Waals surface area contributed by atoms with Crippen molar-refractivity contribution in [2.75, 3.05) is 0 Å². The maximum atomic E-state index is 3.67. The van der Waals surface area contributed by atoms with Crippen LogP contribution in [-0.2, 0) is 0 Å². The molecule has 0 fully saturated rings. The molecule has 2 aliphatic carbocycles. The normalized spacial score (nSPS) is 24.1. The van der Waals surface area contributed by atoms with E-state index in [1.54, 1.807) is 0 Å². The van der Waals surface area contributed by atoms with Crippen molar-refractivity contribution in [2.45, 2.75) is 65.2 Å². The third kappa shape index (κ3) is 5.39. The molecule has 0 heteroatoms. The third-order valence-electron chi connectivity index (χ3n) is 5.96. The lowest BCUT2D eigenvalue weighted by atomic mass is 9.70. The van der Waals surface area contributed by atoms with E-state index in [1.807, 2.05) is 0 Å². The fraction of sp³-hybridized carbons (Fsp3) is 0.429. The number of allylic oxidation sites excluding steroid dienone is 7. The van der Waals surface area contributed by atoms with Crippen LogP contribution in [0.1, 0.15) is 76.3 Å². The molecule has 0 amide bonds. The highest BCUT2D eigenvalue weighted by Gasteiger charge is 2.31. The van der Waals surface area contributed by atoms with Gasteiger partial charge in [-0.15, -0.1) is 0 Å². The molecule has 2 aliphatic rings. The van der Waals surface area contributed by atoms with Crippen LogP contribution in [0.15, 0.2) is 66.3 Å². The van der Waals surface area contributed by atoms with Crippen molar-refractivity contribution in [3.05, 3.63) is 77.4 Å². The molecule has 146 valence electrons. The van der Waals surface area contributed by atoms with Gasteiger partial charge in [0.15, 0.2) is 0 Å². The number of benzene rings is 1. The van der Waals surface area contributed by atoms with Gasteiger partial charge in [0.25, 0.3) is 0 Å². The summed E-state index contributed by atoms with van der Waals surface area (Å²) in [6.45, 7) is 4.51. The second-order valence-corrected chi connectivity index (χ2v) is 8.18. The quantitative estimate of drug-likeness (QED) is 0.353. The van der Waals surface area contributed by atoms with Gasteiger partial charge in [-0.1, -0.05) is 105 Å². The second kappa shape index (κ2) is 10.3. The Labute approximate surface area is 172 Å². The first-order valence-corrected chi connectivity index (χ1v) is 11.1. The summed E-state index contributed by atoms with van der Waals surface area (Å²) in [7, 11) is 0. The van der Waals surface area contributed by atoms with Crippen LogP contribution in [0.5, 0.6) is 0 Å². The van der Waals surface area contributed by atoms with Gasteiger partial charge >= 0.3 is 0 Å². The van der Waals surface area contributed by atoms with Crippen LogP contribution in [0.3, 0.4) is 0 Å². The number of hydrogen-bond acceptors (Lipinski definition) is 0. The number of unbranched alkanes of at least 4 members (excludes halogenated alkanes) is 1. The van der Waals surface area contributed by atoms with Gasteiger partial charge in [0, 0.05) is 5.56 Å². The number of rotatable bonds is 6. The molecule has 28 heavy (non-hydrogen) atoms. The van der Waals surface area contributed by atoms with E-state index in [0.717, 1.165) is 24.3 Å². The molecule has 0 aromatic heterocycles. The third-order valence-corrected chi connectivity index (χ3v) is 5.96. The molecule has 0 N–H and O–H groups in total. The lowest BCUT2D eigenvalue weighted by molar-refractivity contribution is 0.408. The predicted octanol–water partition coefficient (Wildman–Crippen LogP) is 7.88. The Morgan fingerprint density at radius 3 is 2.61 bits per heavy atom. The van der Waals surface area contributed by atoms with Gasteiger partial charge in [-0.3, -0.25) is 0 Å². The van der Waals surface area contributed by atoms with Gasteiger partial charge < -0.3 is 0 Å². The molecule has 2 unspecified atom stereocenters. The van der Waals surface area contributed by atoms with E-state index in [2.05, 4.69) is 92.5 Å². The molecule has 0 spiro atoms. The van der Waals surface area contributed by atoms with Crippen LogP contribution in [-0.4, -0.2) is 0 Å². The Balaban J connectivity index is 1.77. The number of hydrogen-bond donors (Lipinski definition) is 0. The summed E-state index contributed by atoms with van der Waals surface area (Å²) in [5.41, 5.74) is 3.79. The van der Waals surface area contributed by atoms with Gasteiger partial charge in [0.1, 0.15) is 0 Å². The highest BCUT2D eigenvalue weighted by Crippen LogP contribution is 2.42. The van der Waals surface area contributed by atoms with Gasteiger partial charge in [0.05, 0.1) is 5.41 Å². The van der Waals surface area contributed by atoms with E-state index in [4.69, 9.17) is 0 Å². The summed E-state index contributed by atoms with van der Waals surface area (Å²) in [6.07, 6.45) is 25.6. The minimum atomic E-state index is -0.106. The molecule has 0 saturated carbocycles. The van der Waals surface area contributed by atoms with E-state index in [-0.39, 0.29) is 5.41 Å². The van der Waals surface area contributed by atoms with E-state index >= 15 is 0 Å². The summed E-state index contributed by atoms with van der Waals surface area (Å²) in [5, 5.41) is 0. The maximum absolute atomic E-state index is 3.67. The zero-order valence-corrected chi connectivity index (χ0v) is 17.6. The largest absolute Gasteiger partial charge is 0.0840 e. The van der Waals surface area contributed by atoms with Crippen LogP contribution in [0.2, 0.25) is 0 Å². The van der Waals surface area contributed by atoms with Crippen molar-refractivity contribution >= 4 is 6.08 Å². The predicted molar refractivity (Wildman–Crippen MR) is 123 cm³/mol. The average molecular weight is 371 g/mol. The van der Waals surface area contributed by atoms with E-state index in [0.29, 0.717) is 0 Å². The second-order valence-electron chi connectivity index (χ2n) is 8.18. The summed E-state index contributed by atoms with van der Waals surface area (Å²) < 4.78 is 0. The monoisotopic (exact) mass is 370 g/mol. The van der Waals surface area contributed by atoms with Crippen molar-refractivity contribution < 1.29 is 0 Å².